The molecule has 1 aliphatic heterocycles. The van der Waals surface area contributed by atoms with E-state index in [0.717, 1.165) is 32.2 Å². The minimum atomic E-state index is 0.232. The Kier molecular flexibility index (Phi) is 5.81. The van der Waals surface area contributed by atoms with Crippen LogP contribution in [0.1, 0.15) is 46.5 Å². The van der Waals surface area contributed by atoms with Crippen LogP contribution in [0.3, 0.4) is 0 Å². The van der Waals surface area contributed by atoms with Crippen LogP contribution in [-0.2, 0) is 4.79 Å². The number of hydrogen-bond acceptors (Lipinski definition) is 2. The molecule has 0 aromatic carbocycles. The fraction of sp³-hybridized carbons (Fsp3) is 0.923. The van der Waals surface area contributed by atoms with Crippen LogP contribution in [0.25, 0.3) is 0 Å². The molecule has 2 fully saturated rings. The van der Waals surface area contributed by atoms with Gasteiger partial charge in [0, 0.05) is 39.1 Å². The molecule has 3 heteroatoms. The maximum Gasteiger partial charge on any atom is 0.219 e. The van der Waals surface area contributed by atoms with Gasteiger partial charge in [-0.3, -0.25) is 9.69 Å². The Hall–Kier alpha value is -0.570. The van der Waals surface area contributed by atoms with Crippen LogP contribution >= 0.6 is 0 Å². The minimum absolute atomic E-state index is 0.232. The maximum atomic E-state index is 11.1. The zero-order chi connectivity index (χ0) is 12.0. The zero-order valence-corrected chi connectivity index (χ0v) is 11.0. The van der Waals surface area contributed by atoms with E-state index in [1.54, 1.807) is 6.92 Å². The summed E-state index contributed by atoms with van der Waals surface area (Å²) in [6.45, 7) is 9.72. The second-order valence-electron chi connectivity index (χ2n) is 4.48. The first-order valence-electron chi connectivity index (χ1n) is 6.77. The van der Waals surface area contributed by atoms with Crippen molar-refractivity contribution >= 4 is 5.91 Å². The van der Waals surface area contributed by atoms with Gasteiger partial charge in [0.2, 0.25) is 5.91 Å². The molecule has 0 aromatic rings. The third kappa shape index (κ3) is 3.48. The molecule has 16 heavy (non-hydrogen) atoms. The highest BCUT2D eigenvalue weighted by Crippen LogP contribution is 2.24. The van der Waals surface area contributed by atoms with E-state index in [1.165, 1.54) is 25.7 Å². The van der Waals surface area contributed by atoms with Crippen molar-refractivity contribution in [2.24, 2.45) is 0 Å². The molecule has 1 saturated carbocycles. The minimum Gasteiger partial charge on any atom is -0.340 e. The summed E-state index contributed by atoms with van der Waals surface area (Å²) in [5, 5.41) is 0. The topological polar surface area (TPSA) is 23.6 Å². The highest BCUT2D eigenvalue weighted by molar-refractivity contribution is 5.73. The Bertz CT molecular complexity index is 204. The molecule has 0 unspecified atom stereocenters. The third-order valence-corrected chi connectivity index (χ3v) is 3.60. The Morgan fingerprint density at radius 3 is 1.94 bits per heavy atom. The lowest BCUT2D eigenvalue weighted by atomic mass is 10.2. The molecule has 2 rings (SSSR count). The highest BCUT2D eigenvalue weighted by atomic mass is 16.2. The van der Waals surface area contributed by atoms with Crippen molar-refractivity contribution in [1.82, 2.24) is 9.80 Å². The molecule has 0 atom stereocenters. The van der Waals surface area contributed by atoms with E-state index in [0.29, 0.717) is 0 Å². The summed E-state index contributed by atoms with van der Waals surface area (Å²) < 4.78 is 0. The van der Waals surface area contributed by atoms with Crippen LogP contribution in [0.2, 0.25) is 0 Å². The maximum absolute atomic E-state index is 11.1. The number of piperazine rings is 1. The summed E-state index contributed by atoms with van der Waals surface area (Å²) in [7, 11) is 0. The molecule has 0 radical (unpaired) electrons. The Morgan fingerprint density at radius 2 is 1.50 bits per heavy atom. The standard InChI is InChI=1S/C11H20N2O.C2H6/c1-10(14)12-6-8-13(9-7-12)11-4-2-3-5-11;1-2/h11H,2-9H2,1H3;1-2H3. The molecular weight excluding hydrogens is 200 g/mol. The fourth-order valence-corrected chi connectivity index (χ4v) is 2.67. The molecule has 2 aliphatic rings. The Balaban J connectivity index is 0.000000606. The number of rotatable bonds is 1. The molecule has 0 bridgehead atoms. The molecule has 0 N–H and O–H groups in total. The molecule has 0 aromatic heterocycles. The van der Waals surface area contributed by atoms with Crippen molar-refractivity contribution in [3.8, 4) is 0 Å². The highest BCUT2D eigenvalue weighted by Gasteiger charge is 2.26. The van der Waals surface area contributed by atoms with Crippen molar-refractivity contribution in [2.45, 2.75) is 52.5 Å². The Morgan fingerprint density at radius 1 is 1.00 bits per heavy atom. The van der Waals surface area contributed by atoms with E-state index in [9.17, 15) is 4.79 Å². The van der Waals surface area contributed by atoms with E-state index in [-0.39, 0.29) is 5.91 Å². The third-order valence-electron chi connectivity index (χ3n) is 3.60. The van der Waals surface area contributed by atoms with Crippen LogP contribution in [0.5, 0.6) is 0 Å². The van der Waals surface area contributed by atoms with Gasteiger partial charge in [-0.2, -0.15) is 0 Å². The molecule has 0 spiro atoms. The number of nitrogens with zero attached hydrogens (tertiary/aromatic N) is 2. The quantitative estimate of drug-likeness (QED) is 0.684. The summed E-state index contributed by atoms with van der Waals surface area (Å²) in [5.74, 6) is 0.232. The Labute approximate surface area is 99.8 Å². The molecule has 1 aliphatic carbocycles. The first-order valence-corrected chi connectivity index (χ1v) is 6.77. The second-order valence-corrected chi connectivity index (χ2v) is 4.48. The van der Waals surface area contributed by atoms with Crippen LogP contribution in [-0.4, -0.2) is 47.9 Å². The lowest BCUT2D eigenvalue weighted by molar-refractivity contribution is -0.130. The predicted molar refractivity (Wildman–Crippen MR) is 67.4 cm³/mol. The van der Waals surface area contributed by atoms with Gasteiger partial charge in [-0.05, 0) is 12.8 Å². The van der Waals surface area contributed by atoms with Gasteiger partial charge in [0.15, 0.2) is 0 Å². The first-order chi connectivity index (χ1) is 7.77. The number of carbonyl (C=O) groups excluding carboxylic acids is 1. The van der Waals surface area contributed by atoms with Gasteiger partial charge in [0.05, 0.1) is 0 Å². The van der Waals surface area contributed by atoms with E-state index in [1.807, 2.05) is 18.7 Å². The number of carbonyl (C=O) groups is 1. The predicted octanol–water partition coefficient (Wildman–Crippen LogP) is 2.12. The van der Waals surface area contributed by atoms with Gasteiger partial charge in [-0.15, -0.1) is 0 Å². The molecule has 1 amide bonds. The first kappa shape index (κ1) is 13.5. The van der Waals surface area contributed by atoms with Gasteiger partial charge in [-0.25, -0.2) is 0 Å². The lowest BCUT2D eigenvalue weighted by Crippen LogP contribution is -2.50. The van der Waals surface area contributed by atoms with Gasteiger partial charge in [0.1, 0.15) is 0 Å². The largest absolute Gasteiger partial charge is 0.340 e. The van der Waals surface area contributed by atoms with Crippen molar-refractivity contribution in [1.29, 1.82) is 0 Å². The smallest absolute Gasteiger partial charge is 0.219 e. The summed E-state index contributed by atoms with van der Waals surface area (Å²) in [6, 6.07) is 0.823. The summed E-state index contributed by atoms with van der Waals surface area (Å²) >= 11 is 0. The van der Waals surface area contributed by atoms with Gasteiger partial charge >= 0.3 is 0 Å². The van der Waals surface area contributed by atoms with Gasteiger partial charge in [0.25, 0.3) is 0 Å². The average Bonchev–Trinajstić information content (AvgIpc) is 2.85. The van der Waals surface area contributed by atoms with Crippen molar-refractivity contribution in [3.63, 3.8) is 0 Å². The normalized spacial score (nSPS) is 22.8. The van der Waals surface area contributed by atoms with E-state index in [4.69, 9.17) is 0 Å². The van der Waals surface area contributed by atoms with Gasteiger partial charge in [-0.1, -0.05) is 26.7 Å². The van der Waals surface area contributed by atoms with Crippen molar-refractivity contribution in [3.05, 3.63) is 0 Å². The van der Waals surface area contributed by atoms with Crippen LogP contribution < -0.4 is 0 Å². The van der Waals surface area contributed by atoms with Crippen molar-refractivity contribution < 1.29 is 4.79 Å². The molecule has 1 heterocycles. The van der Waals surface area contributed by atoms with Crippen LogP contribution in [0.15, 0.2) is 0 Å². The number of amides is 1. The van der Waals surface area contributed by atoms with E-state index in [2.05, 4.69) is 4.90 Å². The summed E-state index contributed by atoms with van der Waals surface area (Å²) in [5.41, 5.74) is 0. The van der Waals surface area contributed by atoms with Crippen LogP contribution in [0, 0.1) is 0 Å². The SMILES string of the molecule is CC.CC(=O)N1CCN(C2CCCC2)CC1. The average molecular weight is 226 g/mol. The monoisotopic (exact) mass is 226 g/mol. The molecule has 94 valence electrons. The molecule has 3 nitrogen and oxygen atoms in total. The molecular formula is C13H26N2O. The lowest BCUT2D eigenvalue weighted by Gasteiger charge is -2.37. The fourth-order valence-electron chi connectivity index (χ4n) is 2.67. The summed E-state index contributed by atoms with van der Waals surface area (Å²) in [6.07, 6.45) is 5.55. The molecule has 1 saturated heterocycles. The van der Waals surface area contributed by atoms with E-state index >= 15 is 0 Å². The van der Waals surface area contributed by atoms with E-state index < -0.39 is 0 Å². The second kappa shape index (κ2) is 6.89. The zero-order valence-electron chi connectivity index (χ0n) is 11.0. The number of hydrogen-bond donors (Lipinski definition) is 0. The van der Waals surface area contributed by atoms with Gasteiger partial charge < -0.3 is 4.90 Å². The summed E-state index contributed by atoms with van der Waals surface area (Å²) in [4.78, 5) is 15.7. The van der Waals surface area contributed by atoms with Crippen LogP contribution in [0.4, 0.5) is 0 Å². The van der Waals surface area contributed by atoms with Crippen molar-refractivity contribution in [2.75, 3.05) is 26.2 Å².